The molecule has 0 N–H and O–H groups in total. The predicted molar refractivity (Wildman–Crippen MR) is 90.5 cm³/mol. The maximum Gasteiger partial charge on any atom is 0.330 e. The summed E-state index contributed by atoms with van der Waals surface area (Å²) in [4.78, 5) is 11.6. The highest BCUT2D eigenvalue weighted by molar-refractivity contribution is 6.32. The van der Waals surface area contributed by atoms with Gasteiger partial charge in [0, 0.05) is 11.1 Å². The lowest BCUT2D eigenvalue weighted by molar-refractivity contribution is -0.137. The highest BCUT2D eigenvalue weighted by Crippen LogP contribution is 2.32. The molecule has 1 aromatic rings. The van der Waals surface area contributed by atoms with Gasteiger partial charge < -0.3 is 14.2 Å². The van der Waals surface area contributed by atoms with Crippen LogP contribution in [0.25, 0.3) is 6.08 Å². The minimum Gasteiger partial charge on any atom is -0.463 e. The summed E-state index contributed by atoms with van der Waals surface area (Å²) in [7, 11) is 0. The van der Waals surface area contributed by atoms with Crippen LogP contribution in [0.5, 0.6) is 0 Å². The lowest BCUT2D eigenvalue weighted by atomic mass is 9.98. The van der Waals surface area contributed by atoms with Gasteiger partial charge in [0.1, 0.15) is 6.10 Å². The molecule has 23 heavy (non-hydrogen) atoms. The first kappa shape index (κ1) is 18.0. The lowest BCUT2D eigenvalue weighted by Gasteiger charge is -2.20. The standard InChI is InChI=1S/C18H23ClO4/c1-3-6-17(23-12-13-11-22-13)15-7-5-8-16(19)14(15)9-10-18(20)21-4-2/h5,7-10,13,17H,3-4,6,11-12H2,1-2H3/b10-9+/t13-,17-/m1/s1. The highest BCUT2D eigenvalue weighted by Gasteiger charge is 2.25. The van der Waals surface area contributed by atoms with Gasteiger partial charge in [-0.05, 0) is 36.6 Å². The number of rotatable bonds is 9. The van der Waals surface area contributed by atoms with Crippen molar-refractivity contribution >= 4 is 23.6 Å². The van der Waals surface area contributed by atoms with Crippen molar-refractivity contribution in [3.05, 3.63) is 40.4 Å². The van der Waals surface area contributed by atoms with Gasteiger partial charge in [-0.25, -0.2) is 4.79 Å². The van der Waals surface area contributed by atoms with Gasteiger partial charge >= 0.3 is 5.97 Å². The van der Waals surface area contributed by atoms with Crippen molar-refractivity contribution in [1.29, 1.82) is 0 Å². The summed E-state index contributed by atoms with van der Waals surface area (Å²) in [6, 6.07) is 5.70. The maximum absolute atomic E-state index is 11.6. The molecule has 0 aliphatic carbocycles. The Morgan fingerprint density at radius 3 is 2.91 bits per heavy atom. The van der Waals surface area contributed by atoms with Gasteiger partial charge in [0.2, 0.25) is 0 Å². The number of esters is 1. The molecule has 1 aliphatic heterocycles. The van der Waals surface area contributed by atoms with Crippen LogP contribution in [0.1, 0.15) is 43.9 Å². The first-order valence-electron chi connectivity index (χ1n) is 8.02. The Labute approximate surface area is 142 Å². The average molecular weight is 339 g/mol. The second kappa shape index (κ2) is 9.06. The molecule has 1 saturated heterocycles. The van der Waals surface area contributed by atoms with E-state index >= 15 is 0 Å². The highest BCUT2D eigenvalue weighted by atomic mass is 35.5. The van der Waals surface area contributed by atoms with Crippen molar-refractivity contribution in [3.63, 3.8) is 0 Å². The predicted octanol–water partition coefficient (Wildman–Crippen LogP) is 4.17. The third-order valence-corrected chi connectivity index (χ3v) is 3.87. The number of halogens is 1. The molecule has 5 heteroatoms. The molecule has 1 aliphatic rings. The molecule has 1 heterocycles. The summed E-state index contributed by atoms with van der Waals surface area (Å²) in [6.45, 7) is 5.59. The first-order valence-corrected chi connectivity index (χ1v) is 8.39. The van der Waals surface area contributed by atoms with Gasteiger partial charge in [0.05, 0.1) is 25.9 Å². The Morgan fingerprint density at radius 2 is 2.26 bits per heavy atom. The molecule has 2 rings (SSSR count). The van der Waals surface area contributed by atoms with Crippen molar-refractivity contribution < 1.29 is 19.0 Å². The summed E-state index contributed by atoms with van der Waals surface area (Å²) >= 11 is 6.33. The second-order valence-electron chi connectivity index (χ2n) is 5.39. The van der Waals surface area contributed by atoms with E-state index in [9.17, 15) is 4.79 Å². The summed E-state index contributed by atoms with van der Waals surface area (Å²) in [6.07, 6.45) is 5.13. The molecular formula is C18H23ClO4. The van der Waals surface area contributed by atoms with Gasteiger partial charge in [0.25, 0.3) is 0 Å². The summed E-state index contributed by atoms with van der Waals surface area (Å²) in [5.41, 5.74) is 1.79. The van der Waals surface area contributed by atoms with Crippen molar-refractivity contribution in [2.75, 3.05) is 19.8 Å². The van der Waals surface area contributed by atoms with E-state index in [0.29, 0.717) is 18.2 Å². The largest absolute Gasteiger partial charge is 0.463 e. The molecule has 4 nitrogen and oxygen atoms in total. The van der Waals surface area contributed by atoms with E-state index in [0.717, 1.165) is 30.6 Å². The monoisotopic (exact) mass is 338 g/mol. The minimum absolute atomic E-state index is 0.0651. The van der Waals surface area contributed by atoms with E-state index in [1.54, 1.807) is 13.0 Å². The van der Waals surface area contributed by atoms with E-state index < -0.39 is 0 Å². The van der Waals surface area contributed by atoms with Crippen LogP contribution in [0.2, 0.25) is 5.02 Å². The third kappa shape index (κ3) is 5.65. The molecule has 0 aromatic heterocycles. The molecule has 1 aromatic carbocycles. The van der Waals surface area contributed by atoms with Crippen molar-refractivity contribution in [1.82, 2.24) is 0 Å². The number of epoxide rings is 1. The number of carbonyl (C=O) groups excluding carboxylic acids is 1. The maximum atomic E-state index is 11.6. The number of ether oxygens (including phenoxy) is 3. The van der Waals surface area contributed by atoms with Crippen LogP contribution >= 0.6 is 11.6 Å². The van der Waals surface area contributed by atoms with Gasteiger partial charge in [-0.1, -0.05) is 37.1 Å². The van der Waals surface area contributed by atoms with E-state index in [1.165, 1.54) is 6.08 Å². The SMILES string of the molecule is CCC[C@@H](OC[C@H]1CO1)c1cccc(Cl)c1/C=C/C(=O)OCC. The van der Waals surface area contributed by atoms with Gasteiger partial charge in [0.15, 0.2) is 0 Å². The first-order chi connectivity index (χ1) is 11.2. The molecule has 0 amide bonds. The topological polar surface area (TPSA) is 48.1 Å². The molecule has 0 unspecified atom stereocenters. The Morgan fingerprint density at radius 1 is 1.48 bits per heavy atom. The van der Waals surface area contributed by atoms with Crippen LogP contribution in [0, 0.1) is 0 Å². The van der Waals surface area contributed by atoms with E-state index in [-0.39, 0.29) is 18.2 Å². The fraction of sp³-hybridized carbons (Fsp3) is 0.500. The fourth-order valence-electron chi connectivity index (χ4n) is 2.33. The Bertz CT molecular complexity index is 552. The quantitative estimate of drug-likeness (QED) is 0.385. The zero-order valence-corrected chi connectivity index (χ0v) is 14.3. The van der Waals surface area contributed by atoms with Gasteiger partial charge in [-0.2, -0.15) is 0 Å². The van der Waals surface area contributed by atoms with Gasteiger partial charge in [-0.3, -0.25) is 0 Å². The molecule has 1 fully saturated rings. The summed E-state index contributed by atoms with van der Waals surface area (Å²) < 4.78 is 16.1. The molecule has 0 saturated carbocycles. The fourth-order valence-corrected chi connectivity index (χ4v) is 2.58. The number of carbonyl (C=O) groups is 1. The van der Waals surface area contributed by atoms with Crippen LogP contribution in [0.15, 0.2) is 24.3 Å². The molecular weight excluding hydrogens is 316 g/mol. The Hall–Kier alpha value is -1.36. The zero-order chi connectivity index (χ0) is 16.7. The normalized spacial score (nSPS) is 18.1. The Kier molecular flexibility index (Phi) is 7.09. The number of hydrogen-bond donors (Lipinski definition) is 0. The zero-order valence-electron chi connectivity index (χ0n) is 13.6. The van der Waals surface area contributed by atoms with Gasteiger partial charge in [-0.15, -0.1) is 0 Å². The Balaban J connectivity index is 2.20. The minimum atomic E-state index is -0.377. The number of benzene rings is 1. The van der Waals surface area contributed by atoms with Crippen molar-refractivity contribution in [2.24, 2.45) is 0 Å². The van der Waals surface area contributed by atoms with E-state index in [1.807, 2.05) is 18.2 Å². The molecule has 2 atom stereocenters. The van der Waals surface area contributed by atoms with Crippen LogP contribution < -0.4 is 0 Å². The van der Waals surface area contributed by atoms with Crippen molar-refractivity contribution in [2.45, 2.75) is 38.9 Å². The van der Waals surface area contributed by atoms with E-state index in [4.69, 9.17) is 25.8 Å². The van der Waals surface area contributed by atoms with Crippen LogP contribution in [-0.2, 0) is 19.0 Å². The summed E-state index contributed by atoms with van der Waals surface area (Å²) in [5.74, 6) is -0.377. The molecule has 0 spiro atoms. The van der Waals surface area contributed by atoms with E-state index in [2.05, 4.69) is 6.92 Å². The summed E-state index contributed by atoms with van der Waals surface area (Å²) in [5, 5.41) is 0.593. The molecule has 0 bridgehead atoms. The number of hydrogen-bond acceptors (Lipinski definition) is 4. The van der Waals surface area contributed by atoms with Crippen molar-refractivity contribution in [3.8, 4) is 0 Å². The molecule has 126 valence electrons. The van der Waals surface area contributed by atoms with Crippen LogP contribution in [0.3, 0.4) is 0 Å². The van der Waals surface area contributed by atoms with Crippen LogP contribution in [-0.4, -0.2) is 31.9 Å². The third-order valence-electron chi connectivity index (χ3n) is 3.54. The second-order valence-corrected chi connectivity index (χ2v) is 5.80. The smallest absolute Gasteiger partial charge is 0.330 e. The molecule has 0 radical (unpaired) electrons. The van der Waals surface area contributed by atoms with Crippen LogP contribution in [0.4, 0.5) is 0 Å². The average Bonchev–Trinajstić information content (AvgIpc) is 3.34. The lowest BCUT2D eigenvalue weighted by Crippen LogP contribution is -2.10.